The Morgan fingerprint density at radius 1 is 1.44 bits per heavy atom. The van der Waals surface area contributed by atoms with Crippen molar-refractivity contribution < 1.29 is 9.53 Å². The van der Waals surface area contributed by atoms with Gasteiger partial charge in [0.15, 0.2) is 0 Å². The first kappa shape index (κ1) is 13.7. The van der Waals surface area contributed by atoms with Crippen LogP contribution < -0.4 is 5.73 Å². The molecule has 18 heavy (non-hydrogen) atoms. The molecule has 0 aromatic heterocycles. The predicted molar refractivity (Wildman–Crippen MR) is 74.3 cm³/mol. The van der Waals surface area contributed by atoms with Gasteiger partial charge in [-0.15, -0.1) is 0 Å². The quantitative estimate of drug-likeness (QED) is 0.743. The van der Waals surface area contributed by atoms with Crippen molar-refractivity contribution in [1.82, 2.24) is 4.90 Å². The third-order valence-electron chi connectivity index (χ3n) is 3.80. The summed E-state index contributed by atoms with van der Waals surface area (Å²) in [5.74, 6) is 0.292. The first-order valence-corrected chi connectivity index (χ1v) is 7.24. The lowest BCUT2D eigenvalue weighted by atomic mass is 9.97. The van der Waals surface area contributed by atoms with Gasteiger partial charge in [-0.25, -0.2) is 0 Å². The van der Waals surface area contributed by atoms with E-state index in [0.29, 0.717) is 30.6 Å². The number of rotatable bonds is 6. The summed E-state index contributed by atoms with van der Waals surface area (Å²) in [6, 6.07) is 0.421. The molecule has 2 fully saturated rings. The molecular weight excluding hydrogens is 248 g/mol. The molecule has 2 N–H and O–H groups in total. The fourth-order valence-corrected chi connectivity index (χ4v) is 2.73. The zero-order chi connectivity index (χ0) is 13.1. The van der Waals surface area contributed by atoms with E-state index in [4.69, 9.17) is 22.7 Å². The highest BCUT2D eigenvalue weighted by atomic mass is 32.1. The molecule has 1 heterocycles. The van der Waals surface area contributed by atoms with Crippen LogP contribution >= 0.6 is 12.2 Å². The molecular formula is C13H22N2O2S. The van der Waals surface area contributed by atoms with E-state index in [1.165, 1.54) is 0 Å². The molecule has 4 nitrogen and oxygen atoms in total. The van der Waals surface area contributed by atoms with E-state index >= 15 is 0 Å². The van der Waals surface area contributed by atoms with Gasteiger partial charge in [-0.1, -0.05) is 19.1 Å². The first-order valence-electron chi connectivity index (χ1n) is 6.83. The average molecular weight is 270 g/mol. The van der Waals surface area contributed by atoms with Crippen LogP contribution in [0.1, 0.15) is 39.0 Å². The summed E-state index contributed by atoms with van der Waals surface area (Å²) in [7, 11) is 0. The third kappa shape index (κ3) is 3.20. The van der Waals surface area contributed by atoms with Gasteiger partial charge in [-0.2, -0.15) is 0 Å². The van der Waals surface area contributed by atoms with Crippen LogP contribution in [0.25, 0.3) is 0 Å². The van der Waals surface area contributed by atoms with E-state index in [9.17, 15) is 4.79 Å². The van der Waals surface area contributed by atoms with Crippen LogP contribution in [-0.2, 0) is 9.53 Å². The fraction of sp³-hybridized carbons (Fsp3) is 0.846. The number of thiocarbonyl (C=S) groups is 1. The zero-order valence-electron chi connectivity index (χ0n) is 10.9. The number of hydrogen-bond acceptors (Lipinski definition) is 3. The second kappa shape index (κ2) is 5.97. The first-order chi connectivity index (χ1) is 8.63. The molecule has 0 aromatic carbocycles. The van der Waals surface area contributed by atoms with Crippen LogP contribution in [0.3, 0.4) is 0 Å². The average Bonchev–Trinajstić information content (AvgIpc) is 3.06. The summed E-state index contributed by atoms with van der Waals surface area (Å²) in [6.07, 6.45) is 4.73. The van der Waals surface area contributed by atoms with Crippen molar-refractivity contribution in [3.05, 3.63) is 0 Å². The van der Waals surface area contributed by atoms with Gasteiger partial charge in [0.1, 0.15) is 0 Å². The second-order valence-electron chi connectivity index (χ2n) is 5.19. The molecule has 0 spiro atoms. The van der Waals surface area contributed by atoms with Crippen molar-refractivity contribution in [1.29, 1.82) is 0 Å². The topological polar surface area (TPSA) is 55.6 Å². The van der Waals surface area contributed by atoms with Crippen LogP contribution in [0.15, 0.2) is 0 Å². The number of carbonyl (C=O) groups is 1. The van der Waals surface area contributed by atoms with Gasteiger partial charge in [-0.05, 0) is 25.7 Å². The highest BCUT2D eigenvalue weighted by molar-refractivity contribution is 7.80. The Kier molecular flexibility index (Phi) is 4.56. The molecule has 2 aliphatic rings. The predicted octanol–water partition coefficient (Wildman–Crippen LogP) is 1.47. The summed E-state index contributed by atoms with van der Waals surface area (Å²) in [5.41, 5.74) is 5.54. The highest BCUT2D eigenvalue weighted by Crippen LogP contribution is 2.32. The minimum atomic E-state index is 0.0435. The van der Waals surface area contributed by atoms with Gasteiger partial charge >= 0.3 is 0 Å². The molecule has 1 saturated heterocycles. The minimum absolute atomic E-state index is 0.0435. The summed E-state index contributed by atoms with van der Waals surface area (Å²) < 4.78 is 5.61. The minimum Gasteiger partial charge on any atom is -0.393 e. The molecule has 2 unspecified atom stereocenters. The summed E-state index contributed by atoms with van der Waals surface area (Å²) >= 11 is 4.90. The SMILES string of the molecule is CCC1OCCC1C(=O)N(CCC(N)=S)C1CC1. The van der Waals surface area contributed by atoms with Gasteiger partial charge in [0.25, 0.3) is 0 Å². The lowest BCUT2D eigenvalue weighted by Gasteiger charge is -2.27. The Hall–Kier alpha value is -0.680. The largest absolute Gasteiger partial charge is 0.393 e. The maximum absolute atomic E-state index is 12.6. The van der Waals surface area contributed by atoms with E-state index < -0.39 is 0 Å². The summed E-state index contributed by atoms with van der Waals surface area (Å²) in [4.78, 5) is 15.0. The van der Waals surface area contributed by atoms with E-state index in [0.717, 1.165) is 25.7 Å². The molecule has 0 bridgehead atoms. The molecule has 1 amide bonds. The molecule has 5 heteroatoms. The monoisotopic (exact) mass is 270 g/mol. The molecule has 0 radical (unpaired) electrons. The molecule has 1 aliphatic heterocycles. The van der Waals surface area contributed by atoms with E-state index in [2.05, 4.69) is 6.92 Å². The number of nitrogens with zero attached hydrogens (tertiary/aromatic N) is 1. The Morgan fingerprint density at radius 3 is 2.72 bits per heavy atom. The number of ether oxygens (including phenoxy) is 1. The molecule has 102 valence electrons. The van der Waals surface area contributed by atoms with Gasteiger partial charge in [0, 0.05) is 25.6 Å². The molecule has 1 aliphatic carbocycles. The number of hydrogen-bond donors (Lipinski definition) is 1. The third-order valence-corrected chi connectivity index (χ3v) is 4.00. The molecule has 2 atom stereocenters. The van der Waals surface area contributed by atoms with Crippen molar-refractivity contribution in [2.24, 2.45) is 11.7 Å². The van der Waals surface area contributed by atoms with Crippen molar-refractivity contribution in [2.75, 3.05) is 13.2 Å². The summed E-state index contributed by atoms with van der Waals surface area (Å²) in [5, 5.41) is 0. The number of amides is 1. The smallest absolute Gasteiger partial charge is 0.228 e. The van der Waals surface area contributed by atoms with Crippen molar-refractivity contribution in [2.45, 2.75) is 51.2 Å². The molecule has 1 saturated carbocycles. The molecule has 2 rings (SSSR count). The van der Waals surface area contributed by atoms with E-state index in [1.807, 2.05) is 4.90 Å². The zero-order valence-corrected chi connectivity index (χ0v) is 11.7. The standard InChI is InChI=1S/C13H22N2O2S/c1-2-11-10(6-8-17-11)13(16)15(9-3-4-9)7-5-12(14)18/h9-11H,2-8H2,1H3,(H2,14,18). The van der Waals surface area contributed by atoms with Crippen molar-refractivity contribution >= 4 is 23.1 Å². The Balaban J connectivity index is 1.96. The Morgan fingerprint density at radius 2 is 2.17 bits per heavy atom. The van der Waals surface area contributed by atoms with Crippen LogP contribution in [0.5, 0.6) is 0 Å². The number of nitrogens with two attached hydrogens (primary N) is 1. The van der Waals surface area contributed by atoms with Crippen LogP contribution in [-0.4, -0.2) is 41.1 Å². The van der Waals surface area contributed by atoms with Gasteiger partial charge in [0.05, 0.1) is 17.0 Å². The van der Waals surface area contributed by atoms with Gasteiger partial charge in [0.2, 0.25) is 5.91 Å². The molecule has 0 aromatic rings. The highest BCUT2D eigenvalue weighted by Gasteiger charge is 2.40. The maximum Gasteiger partial charge on any atom is 0.228 e. The van der Waals surface area contributed by atoms with Crippen LogP contribution in [0.2, 0.25) is 0 Å². The summed E-state index contributed by atoms with van der Waals surface area (Å²) in [6.45, 7) is 3.46. The van der Waals surface area contributed by atoms with Gasteiger partial charge < -0.3 is 15.4 Å². The lowest BCUT2D eigenvalue weighted by molar-refractivity contribution is -0.137. The van der Waals surface area contributed by atoms with Gasteiger partial charge in [-0.3, -0.25) is 4.79 Å². The fourth-order valence-electron chi connectivity index (χ4n) is 2.64. The lowest BCUT2D eigenvalue weighted by Crippen LogP contribution is -2.42. The number of carbonyl (C=O) groups excluding carboxylic acids is 1. The maximum atomic E-state index is 12.6. The van der Waals surface area contributed by atoms with Crippen molar-refractivity contribution in [3.8, 4) is 0 Å². The van der Waals surface area contributed by atoms with Crippen LogP contribution in [0, 0.1) is 5.92 Å². The second-order valence-corrected chi connectivity index (χ2v) is 5.72. The Bertz CT molecular complexity index is 331. The van der Waals surface area contributed by atoms with E-state index in [-0.39, 0.29) is 17.9 Å². The van der Waals surface area contributed by atoms with Crippen molar-refractivity contribution in [3.63, 3.8) is 0 Å². The normalized spacial score (nSPS) is 27.2. The van der Waals surface area contributed by atoms with Crippen LogP contribution in [0.4, 0.5) is 0 Å². The Labute approximate surface area is 114 Å². The van der Waals surface area contributed by atoms with E-state index in [1.54, 1.807) is 0 Å².